The third-order valence-electron chi connectivity index (χ3n) is 22.1. The zero-order valence-corrected chi connectivity index (χ0v) is 70.7. The number of amides is 10. The molecule has 0 aliphatic carbocycles. The maximum absolute atomic E-state index is 16.3. The quantitative estimate of drug-likeness (QED) is 0.0364. The summed E-state index contributed by atoms with van der Waals surface area (Å²) in [4.78, 5) is 135. The van der Waals surface area contributed by atoms with Crippen LogP contribution in [0.1, 0.15) is 118 Å². The molecule has 3 saturated heterocycles. The molecule has 686 valence electrons. The van der Waals surface area contributed by atoms with Crippen LogP contribution in [0, 0.1) is 5.92 Å². The summed E-state index contributed by atoms with van der Waals surface area (Å²) < 4.78 is 87.9. The van der Waals surface area contributed by atoms with Gasteiger partial charge in [0.05, 0.1) is 54.0 Å². The molecule has 8 heterocycles. The van der Waals surface area contributed by atoms with Gasteiger partial charge in [0.15, 0.2) is 23.9 Å². The molecule has 0 radical (unpaired) electrons. The lowest BCUT2D eigenvalue weighted by Gasteiger charge is -2.48. The highest BCUT2D eigenvalue weighted by Crippen LogP contribution is 2.50. The van der Waals surface area contributed by atoms with Crippen molar-refractivity contribution in [1.29, 1.82) is 0 Å². The number of carbonyl (C=O) groups excluding carboxylic acids is 9. The third kappa shape index (κ3) is 22.3. The molecule has 0 saturated carbocycles. The van der Waals surface area contributed by atoms with Gasteiger partial charge in [-0.2, -0.15) is 0 Å². The Balaban J connectivity index is 0.959. The molecule has 21 N–H and O–H groups in total. The highest BCUT2D eigenvalue weighted by molar-refractivity contribution is 6.32. The van der Waals surface area contributed by atoms with E-state index in [1.54, 1.807) is 6.92 Å². The summed E-state index contributed by atoms with van der Waals surface area (Å²) in [6, 6.07) is 3.98. The number of primary amides is 1. The average Bonchev–Trinajstić information content (AvgIpc) is 0.761. The number of nitrogens with one attached hydrogen (secondary N) is 10. The van der Waals surface area contributed by atoms with Gasteiger partial charge in [0.1, 0.15) is 101 Å². The van der Waals surface area contributed by atoms with Crippen LogP contribution >= 0.6 is 23.2 Å². The van der Waals surface area contributed by atoms with Crippen molar-refractivity contribution in [2.24, 2.45) is 11.7 Å². The standard InChI is InChI=1S/C83H98Cl2F3N13O26/c1-35(2)24-49(90-5)73(112)97-64-66(107)38-9-16-53(47(84)26-38)122-55-28-40-29-56(70(55)126-80-71(69(110)68(109)57(34-102)124-80)125-59-33-82(4,72(111)36(3)121-59)91-20-23-120-43-18-21-101(22-19-43)81(119)92-41-11-13-44(14-12-41)127-83(86,87)88)123-54-17-10-39(27-48(54)85)67(108)65-78(117)96-63(79(118)99-100(6)7)46-30-42(103)31-52(105)60(46)45-25-37(8-15-51(45)104)61(75(114)98-65)95-76(115)62(40)94-74(113)50(32-58(89)106)93-77(64)116/h8-17,25-31,35-36,43,49-50,57,59,61-69,71-72,80,90-91,102-105,107-111H,18-24,32-34H2,1-7H3,(H2,89,106)(H,92,119)(H,93,116)(H,94,113)(H,95,115)(H,96,117)(H,97,112)(H,98,114)(H,99,118). The number of aromatic hydroxyl groups is 3. The molecule has 0 aromatic heterocycles. The number of anilines is 1. The molecular formula is C83H98Cl2F3N13O26. The first kappa shape index (κ1) is 94.9. The van der Waals surface area contributed by atoms with Gasteiger partial charge in [-0.1, -0.05) is 55.2 Å². The lowest BCUT2D eigenvalue weighted by Crippen LogP contribution is -2.65. The second-order valence-corrected chi connectivity index (χ2v) is 33.0. The minimum atomic E-state index is -4.91. The average molecular weight is 1820 g/mol. The number of carbonyl (C=O) groups is 9. The summed E-state index contributed by atoms with van der Waals surface area (Å²) in [6.07, 6.45) is -23.7. The monoisotopic (exact) mass is 1820 g/mol. The second-order valence-electron chi connectivity index (χ2n) is 32.1. The van der Waals surface area contributed by atoms with Crippen molar-refractivity contribution in [3.05, 3.63) is 141 Å². The zero-order valence-electron chi connectivity index (χ0n) is 69.2. The van der Waals surface area contributed by atoms with Crippen LogP contribution in [-0.4, -0.2) is 255 Å². The molecule has 10 amide bonds. The number of fused-ring (bicyclic) bond motifs is 15. The van der Waals surface area contributed by atoms with Gasteiger partial charge in [-0.05, 0) is 153 Å². The van der Waals surface area contributed by atoms with Crippen LogP contribution in [-0.2, 0) is 57.3 Å². The first-order chi connectivity index (χ1) is 60.1. The number of urea groups is 1. The van der Waals surface area contributed by atoms with E-state index in [1.165, 1.54) is 68.3 Å². The molecule has 8 aliphatic heterocycles. The molecule has 0 spiro atoms. The molecular weight excluding hydrogens is 1720 g/mol. The highest BCUT2D eigenvalue weighted by atomic mass is 35.5. The van der Waals surface area contributed by atoms with Crippen LogP contribution in [0.3, 0.4) is 0 Å². The fourth-order valence-corrected chi connectivity index (χ4v) is 16.1. The summed E-state index contributed by atoms with van der Waals surface area (Å²) >= 11 is 14.4. The number of phenols is 3. The minimum Gasteiger partial charge on any atom is -0.508 e. The van der Waals surface area contributed by atoms with Gasteiger partial charge in [-0.15, -0.1) is 13.2 Å². The van der Waals surface area contributed by atoms with Gasteiger partial charge in [-0.3, -0.25) is 43.8 Å². The number of halogens is 5. The number of hydrazine groups is 1. The number of nitrogens with zero attached hydrogens (tertiary/aromatic N) is 2. The fraction of sp³-hybridized carbons (Fsp3) is 0.458. The van der Waals surface area contributed by atoms with Crippen molar-refractivity contribution < 1.29 is 140 Å². The van der Waals surface area contributed by atoms with Crippen molar-refractivity contribution in [1.82, 2.24) is 57.9 Å². The molecule has 6 aromatic rings. The molecule has 8 aliphatic rings. The molecule has 3 fully saturated rings. The number of ether oxygens (including phenoxy) is 8. The van der Waals surface area contributed by atoms with Crippen molar-refractivity contribution in [2.45, 2.75) is 182 Å². The van der Waals surface area contributed by atoms with E-state index in [2.05, 4.69) is 58.0 Å². The fourth-order valence-electron chi connectivity index (χ4n) is 15.7. The Morgan fingerprint density at radius 2 is 1.35 bits per heavy atom. The van der Waals surface area contributed by atoms with Crippen LogP contribution in [0.5, 0.6) is 51.7 Å². The molecule has 39 nitrogen and oxygen atoms in total. The zero-order chi connectivity index (χ0) is 92.1. The summed E-state index contributed by atoms with van der Waals surface area (Å²) in [7, 11) is 4.28. The Morgan fingerprint density at radius 1 is 0.724 bits per heavy atom. The summed E-state index contributed by atoms with van der Waals surface area (Å²) in [5.41, 5.74) is 4.66. The summed E-state index contributed by atoms with van der Waals surface area (Å²) in [5.74, 6) is -15.6. The van der Waals surface area contributed by atoms with E-state index in [-0.39, 0.29) is 79.2 Å². The number of piperidine rings is 1. The minimum absolute atomic E-state index is 0.0602. The maximum atomic E-state index is 16.3. The number of rotatable bonds is 21. The number of aliphatic hydroxyl groups excluding tert-OH is 6. The number of phenolic OH excluding ortho intramolecular Hbond substituents is 3. The van der Waals surface area contributed by atoms with Gasteiger partial charge < -0.3 is 142 Å². The number of likely N-dealkylation sites (tertiary alicyclic amines) is 1. The highest BCUT2D eigenvalue weighted by Gasteiger charge is 2.53. The Hall–Kier alpha value is -11.2. The van der Waals surface area contributed by atoms with E-state index in [4.69, 9.17) is 62.1 Å². The summed E-state index contributed by atoms with van der Waals surface area (Å²) in [6.45, 7) is 6.42. The molecule has 6 aromatic carbocycles. The molecule has 44 heteroatoms. The Labute approximate surface area is 733 Å². The van der Waals surface area contributed by atoms with Gasteiger partial charge in [0.2, 0.25) is 53.4 Å². The topological polar surface area (TPSA) is 562 Å². The van der Waals surface area contributed by atoms with E-state index in [9.17, 15) is 78.3 Å². The van der Waals surface area contributed by atoms with E-state index >= 15 is 24.0 Å². The number of likely N-dealkylation sites (N-methyl/N-ethyl adjacent to an activating group) is 1. The molecule has 14 rings (SSSR count). The third-order valence-corrected chi connectivity index (χ3v) is 22.7. The SMILES string of the molecule is CNC(CC(C)C)C(=O)NC1C(=O)NC(CC(N)=O)C(=O)NC2C(=O)NC3C(=O)NC(C(=O)NC(C(=O)NN(C)C)c4cc(O)cc(O)c4-c4cc3ccc4O)C(O)c3ccc(c(Cl)c3)Oc3cc2cc(c3OC2OC(CO)C(O)C(O)C2OC2CC(C)(NCCOC3CCN(C(=O)Nc4ccc(OC(F)(F)F)cc4)CC3)C(O)C(C)O2)Oc2ccc(cc2Cl)C1O. The smallest absolute Gasteiger partial charge is 0.508 e. The largest absolute Gasteiger partial charge is 0.573 e. The van der Waals surface area contributed by atoms with E-state index in [0.717, 1.165) is 72.8 Å². The number of nitrogens with two attached hydrogens (primary N) is 1. The van der Waals surface area contributed by atoms with Crippen molar-refractivity contribution in [2.75, 3.05) is 59.3 Å². The van der Waals surface area contributed by atoms with E-state index < -0.39 is 260 Å². The van der Waals surface area contributed by atoms with Crippen LogP contribution in [0.25, 0.3) is 11.1 Å². The number of hydrogen-bond acceptors (Lipinski definition) is 29. The van der Waals surface area contributed by atoms with Crippen molar-refractivity contribution in [3.63, 3.8) is 0 Å². The maximum Gasteiger partial charge on any atom is 0.573 e. The van der Waals surface area contributed by atoms with E-state index in [0.29, 0.717) is 12.8 Å². The van der Waals surface area contributed by atoms with Crippen molar-refractivity contribution in [3.8, 4) is 62.9 Å². The predicted molar refractivity (Wildman–Crippen MR) is 440 cm³/mol. The number of hydrogen-bond donors (Lipinski definition) is 20. The van der Waals surface area contributed by atoms with Crippen molar-refractivity contribution >= 4 is 82.2 Å². The van der Waals surface area contributed by atoms with Crippen LogP contribution in [0.15, 0.2) is 103 Å². The van der Waals surface area contributed by atoms with Gasteiger partial charge in [0, 0.05) is 68.6 Å². The van der Waals surface area contributed by atoms with E-state index in [1.807, 2.05) is 13.8 Å². The molecule has 11 bridgehead atoms. The Morgan fingerprint density at radius 3 is 1.95 bits per heavy atom. The molecule has 18 atom stereocenters. The lowest BCUT2D eigenvalue weighted by molar-refractivity contribution is -0.334. The Bertz CT molecular complexity index is 5100. The lowest BCUT2D eigenvalue weighted by atomic mass is 9.85. The van der Waals surface area contributed by atoms with Gasteiger partial charge in [0.25, 0.3) is 5.91 Å². The first-order valence-corrected chi connectivity index (χ1v) is 41.0. The number of alkyl halides is 3. The first-order valence-electron chi connectivity index (χ1n) is 40.3. The van der Waals surface area contributed by atoms with Crippen LogP contribution in [0.4, 0.5) is 23.7 Å². The van der Waals surface area contributed by atoms with Gasteiger partial charge in [-0.25, -0.2) is 9.80 Å². The molecule has 18 unspecified atom stereocenters. The summed E-state index contributed by atoms with van der Waals surface area (Å²) in [5, 5.41) is 131. The Kier molecular flexibility index (Phi) is 29.9. The number of aliphatic hydroxyl groups is 6. The normalized spacial score (nSPS) is 26.8. The van der Waals surface area contributed by atoms with Crippen LogP contribution < -0.4 is 78.0 Å². The second kappa shape index (κ2) is 40.0. The van der Waals surface area contributed by atoms with Gasteiger partial charge >= 0.3 is 12.4 Å². The number of benzene rings is 6. The molecule has 127 heavy (non-hydrogen) atoms. The predicted octanol–water partition coefficient (Wildman–Crippen LogP) is 2.86. The van der Waals surface area contributed by atoms with Crippen LogP contribution in [0.2, 0.25) is 10.0 Å².